The van der Waals surface area contributed by atoms with Crippen molar-refractivity contribution in [1.29, 1.82) is 0 Å². The Bertz CT molecular complexity index is 473. The number of aldehydes is 1. The first-order chi connectivity index (χ1) is 6.22. The van der Waals surface area contributed by atoms with E-state index in [4.69, 9.17) is 5.11 Å². The number of phenolic OH excluding ortho intramolecular Hbond substituents is 2. The molecule has 1 heterocycles. The van der Waals surface area contributed by atoms with E-state index < -0.39 is 0 Å². The monoisotopic (exact) mass is 194 g/mol. The maximum absolute atomic E-state index is 10.5. The van der Waals surface area contributed by atoms with Crippen LogP contribution in [0.3, 0.4) is 0 Å². The van der Waals surface area contributed by atoms with Gasteiger partial charge >= 0.3 is 0 Å². The third-order valence-electron chi connectivity index (χ3n) is 1.83. The van der Waals surface area contributed by atoms with Crippen LogP contribution in [0.1, 0.15) is 10.4 Å². The minimum absolute atomic E-state index is 0.160. The zero-order valence-corrected chi connectivity index (χ0v) is 7.34. The lowest BCUT2D eigenvalue weighted by atomic mass is 10.2. The van der Waals surface area contributed by atoms with E-state index >= 15 is 0 Å². The van der Waals surface area contributed by atoms with Gasteiger partial charge in [-0.15, -0.1) is 11.3 Å². The molecular weight excluding hydrogens is 188 g/mol. The Labute approximate surface area is 77.9 Å². The number of hydrogen-bond donors (Lipinski definition) is 2. The van der Waals surface area contributed by atoms with Crippen molar-refractivity contribution < 1.29 is 15.0 Å². The van der Waals surface area contributed by atoms with Gasteiger partial charge in [0.1, 0.15) is 0 Å². The van der Waals surface area contributed by atoms with Gasteiger partial charge in [0, 0.05) is 27.1 Å². The summed E-state index contributed by atoms with van der Waals surface area (Å²) in [6.45, 7) is 0. The molecule has 2 N–H and O–H groups in total. The van der Waals surface area contributed by atoms with E-state index in [1.807, 2.05) is 0 Å². The maximum Gasteiger partial charge on any atom is 0.158 e. The molecule has 66 valence electrons. The van der Waals surface area contributed by atoms with Gasteiger partial charge in [0.25, 0.3) is 0 Å². The molecule has 1 aromatic heterocycles. The van der Waals surface area contributed by atoms with Gasteiger partial charge in [-0.1, -0.05) is 0 Å². The first-order valence-corrected chi connectivity index (χ1v) is 4.48. The highest BCUT2D eigenvalue weighted by Gasteiger charge is 2.07. The summed E-state index contributed by atoms with van der Waals surface area (Å²) in [5.41, 5.74) is 0.537. The van der Waals surface area contributed by atoms with Gasteiger partial charge < -0.3 is 10.2 Å². The Kier molecular flexibility index (Phi) is 1.70. The first-order valence-electron chi connectivity index (χ1n) is 3.60. The molecule has 2 rings (SSSR count). The van der Waals surface area contributed by atoms with Gasteiger partial charge in [-0.3, -0.25) is 4.79 Å². The number of benzene rings is 1. The molecule has 0 spiro atoms. The number of carbonyl (C=O) groups excluding carboxylic acids is 1. The molecule has 0 fully saturated rings. The van der Waals surface area contributed by atoms with Gasteiger partial charge in [0.2, 0.25) is 0 Å². The highest BCUT2D eigenvalue weighted by Crippen LogP contribution is 2.34. The largest absolute Gasteiger partial charge is 0.504 e. The molecule has 0 saturated heterocycles. The van der Waals surface area contributed by atoms with Crippen LogP contribution >= 0.6 is 11.3 Å². The smallest absolute Gasteiger partial charge is 0.158 e. The highest BCUT2D eigenvalue weighted by atomic mass is 32.1. The summed E-state index contributed by atoms with van der Waals surface area (Å²) in [6.07, 6.45) is 0.731. The molecule has 4 heteroatoms. The van der Waals surface area contributed by atoms with Crippen molar-refractivity contribution in [2.24, 2.45) is 0 Å². The van der Waals surface area contributed by atoms with Gasteiger partial charge in [-0.2, -0.15) is 0 Å². The van der Waals surface area contributed by atoms with E-state index in [0.717, 1.165) is 11.0 Å². The van der Waals surface area contributed by atoms with E-state index in [1.165, 1.54) is 23.5 Å². The number of hydrogen-bond acceptors (Lipinski definition) is 4. The van der Waals surface area contributed by atoms with E-state index in [1.54, 1.807) is 5.38 Å². The predicted molar refractivity (Wildman–Crippen MR) is 50.5 cm³/mol. The fraction of sp³-hybridized carbons (Fsp3) is 0. The van der Waals surface area contributed by atoms with Crippen LogP contribution in [0, 0.1) is 0 Å². The Morgan fingerprint density at radius 2 is 1.92 bits per heavy atom. The van der Waals surface area contributed by atoms with E-state index in [0.29, 0.717) is 10.9 Å². The lowest BCUT2D eigenvalue weighted by Crippen LogP contribution is -1.75. The summed E-state index contributed by atoms with van der Waals surface area (Å²) < 4.78 is 0.789. The quantitative estimate of drug-likeness (QED) is 0.540. The number of carbonyl (C=O) groups is 1. The molecule has 1 aromatic carbocycles. The average Bonchev–Trinajstić information content (AvgIpc) is 2.48. The molecule has 2 aromatic rings. The van der Waals surface area contributed by atoms with Crippen LogP contribution in [0.25, 0.3) is 10.1 Å². The average molecular weight is 194 g/mol. The molecule has 0 aliphatic carbocycles. The van der Waals surface area contributed by atoms with Crippen molar-refractivity contribution in [3.05, 3.63) is 23.1 Å². The SMILES string of the molecule is O=Cc1csc2cc(O)c(O)cc12. The summed E-state index contributed by atoms with van der Waals surface area (Å²) in [4.78, 5) is 10.5. The summed E-state index contributed by atoms with van der Waals surface area (Å²) in [6, 6.07) is 2.84. The van der Waals surface area contributed by atoms with Gasteiger partial charge in [-0.05, 0) is 6.07 Å². The predicted octanol–water partition coefficient (Wildman–Crippen LogP) is 2.12. The molecular formula is C9H6O3S. The summed E-state index contributed by atoms with van der Waals surface area (Å²) in [5, 5.41) is 20.7. The Hall–Kier alpha value is -1.55. The summed E-state index contributed by atoms with van der Waals surface area (Å²) in [5.74, 6) is -0.360. The summed E-state index contributed by atoms with van der Waals surface area (Å²) in [7, 11) is 0. The third-order valence-corrected chi connectivity index (χ3v) is 2.79. The fourth-order valence-electron chi connectivity index (χ4n) is 1.16. The van der Waals surface area contributed by atoms with Crippen LogP contribution in [0.5, 0.6) is 11.5 Å². The fourth-order valence-corrected chi connectivity index (χ4v) is 2.08. The molecule has 13 heavy (non-hydrogen) atoms. The second-order valence-electron chi connectivity index (χ2n) is 2.65. The standard InChI is InChI=1S/C9H6O3S/c10-3-5-4-13-9-2-8(12)7(11)1-6(5)9/h1-4,11-12H. The highest BCUT2D eigenvalue weighted by molar-refractivity contribution is 7.17. The molecule has 0 bridgehead atoms. The minimum atomic E-state index is -0.200. The number of phenols is 2. The molecule has 0 aliphatic rings. The maximum atomic E-state index is 10.5. The van der Waals surface area contributed by atoms with Gasteiger partial charge in [-0.25, -0.2) is 0 Å². The van der Waals surface area contributed by atoms with Crippen LogP contribution in [-0.4, -0.2) is 16.5 Å². The van der Waals surface area contributed by atoms with Crippen molar-refractivity contribution in [2.75, 3.05) is 0 Å². The van der Waals surface area contributed by atoms with Crippen LogP contribution in [0.15, 0.2) is 17.5 Å². The Morgan fingerprint density at radius 1 is 1.23 bits per heavy atom. The van der Waals surface area contributed by atoms with Crippen LogP contribution in [-0.2, 0) is 0 Å². The van der Waals surface area contributed by atoms with E-state index in [9.17, 15) is 9.90 Å². The second-order valence-corrected chi connectivity index (χ2v) is 3.56. The summed E-state index contributed by atoms with van der Waals surface area (Å²) >= 11 is 1.36. The van der Waals surface area contributed by atoms with Gasteiger partial charge in [0.05, 0.1) is 0 Å². The first kappa shape index (κ1) is 8.07. The molecule has 0 unspecified atom stereocenters. The molecule has 0 atom stereocenters. The molecule has 0 amide bonds. The second kappa shape index (κ2) is 2.74. The number of aromatic hydroxyl groups is 2. The van der Waals surface area contributed by atoms with Crippen molar-refractivity contribution in [3.63, 3.8) is 0 Å². The van der Waals surface area contributed by atoms with Gasteiger partial charge in [0.15, 0.2) is 17.8 Å². The van der Waals surface area contributed by atoms with E-state index in [2.05, 4.69) is 0 Å². The molecule has 0 saturated carbocycles. The lowest BCUT2D eigenvalue weighted by molar-refractivity contribution is 0.112. The van der Waals surface area contributed by atoms with Crippen molar-refractivity contribution in [3.8, 4) is 11.5 Å². The van der Waals surface area contributed by atoms with Crippen molar-refractivity contribution in [1.82, 2.24) is 0 Å². The Morgan fingerprint density at radius 3 is 2.62 bits per heavy atom. The topological polar surface area (TPSA) is 57.5 Å². The van der Waals surface area contributed by atoms with Crippen LogP contribution in [0.2, 0.25) is 0 Å². The number of thiophene rings is 1. The lowest BCUT2D eigenvalue weighted by Gasteiger charge is -1.96. The van der Waals surface area contributed by atoms with Crippen molar-refractivity contribution in [2.45, 2.75) is 0 Å². The zero-order chi connectivity index (χ0) is 9.42. The Balaban J connectivity index is 2.84. The normalized spacial score (nSPS) is 10.5. The molecule has 0 aliphatic heterocycles. The van der Waals surface area contributed by atoms with E-state index in [-0.39, 0.29) is 11.5 Å². The molecule has 3 nitrogen and oxygen atoms in total. The number of rotatable bonds is 1. The third kappa shape index (κ3) is 1.15. The van der Waals surface area contributed by atoms with Crippen LogP contribution in [0.4, 0.5) is 0 Å². The molecule has 0 radical (unpaired) electrons. The zero-order valence-electron chi connectivity index (χ0n) is 6.52. The number of fused-ring (bicyclic) bond motifs is 1. The minimum Gasteiger partial charge on any atom is -0.504 e. The van der Waals surface area contributed by atoms with Crippen LogP contribution < -0.4 is 0 Å². The van der Waals surface area contributed by atoms with Crippen molar-refractivity contribution >= 4 is 27.7 Å².